The summed E-state index contributed by atoms with van der Waals surface area (Å²) in [6.07, 6.45) is -1.22. The van der Waals surface area contributed by atoms with Crippen LogP contribution in [0.2, 0.25) is 0 Å². The van der Waals surface area contributed by atoms with Crippen LogP contribution in [0.3, 0.4) is 0 Å². The first-order valence-electron chi connectivity index (χ1n) is 10.7. The number of alkyl carbamates (subject to hydrolysis) is 1. The molecule has 2 amide bonds. The number of esters is 1. The highest BCUT2D eigenvalue weighted by Gasteiger charge is 2.13. The minimum Gasteiger partial charge on any atom is -0.462 e. The van der Waals surface area contributed by atoms with E-state index in [1.165, 1.54) is 0 Å². The van der Waals surface area contributed by atoms with Crippen molar-refractivity contribution in [3.8, 4) is 0 Å². The number of amides is 2. The number of carbonyl (C=O) groups excluding carboxylic acids is 3. The van der Waals surface area contributed by atoms with Gasteiger partial charge in [0.15, 0.2) is 0 Å². The van der Waals surface area contributed by atoms with Crippen molar-refractivity contribution in [2.45, 2.75) is 33.0 Å². The predicted octanol–water partition coefficient (Wildman–Crippen LogP) is 3.56. The van der Waals surface area contributed by atoms with Crippen molar-refractivity contribution in [2.75, 3.05) is 13.2 Å². The third-order valence-electron chi connectivity index (χ3n) is 4.26. The number of hydrogen-bond donors (Lipinski definition) is 3. The zero-order valence-corrected chi connectivity index (χ0v) is 18.9. The second kappa shape index (κ2) is 14.8. The van der Waals surface area contributed by atoms with Crippen molar-refractivity contribution in [1.29, 1.82) is 5.41 Å². The number of hydrogen-bond acceptors (Lipinski definition) is 7. The molecular weight excluding hydrogens is 440 g/mol. The molecule has 0 aliphatic heterocycles. The van der Waals surface area contributed by atoms with E-state index in [0.29, 0.717) is 6.42 Å². The van der Waals surface area contributed by atoms with E-state index in [4.69, 9.17) is 19.6 Å². The van der Waals surface area contributed by atoms with E-state index in [0.717, 1.165) is 11.1 Å². The molecule has 2 aromatic rings. The van der Waals surface area contributed by atoms with Crippen molar-refractivity contribution in [3.63, 3.8) is 0 Å². The molecule has 2 rings (SSSR count). The van der Waals surface area contributed by atoms with Gasteiger partial charge in [0, 0.05) is 6.54 Å². The van der Waals surface area contributed by atoms with Crippen molar-refractivity contribution in [1.82, 2.24) is 10.6 Å². The van der Waals surface area contributed by atoms with Gasteiger partial charge in [-0.1, -0.05) is 60.7 Å². The van der Waals surface area contributed by atoms with Crippen LogP contribution in [0.25, 0.3) is 0 Å². The van der Waals surface area contributed by atoms with Gasteiger partial charge < -0.3 is 19.5 Å². The maximum atomic E-state index is 12.2. The zero-order valence-electron chi connectivity index (χ0n) is 18.9. The standard InChI is InChI=1S/C24H28N4O6/c1-2-32-21(29)20(25)14-9-15-26-22(27-23(30)33-16-18-10-5-3-6-11-18)28-24(31)34-17-19-12-7-4-8-13-19/h3-8,10-13,25H,2,9,14-17H2,1H3,(H2,26,27,28,30,31). The summed E-state index contributed by atoms with van der Waals surface area (Å²) >= 11 is 0. The van der Waals surface area contributed by atoms with Crippen LogP contribution in [0.4, 0.5) is 9.59 Å². The molecule has 0 bridgehead atoms. The first-order chi connectivity index (χ1) is 16.5. The lowest BCUT2D eigenvalue weighted by atomic mass is 10.2. The highest BCUT2D eigenvalue weighted by Crippen LogP contribution is 2.02. The van der Waals surface area contributed by atoms with Gasteiger partial charge in [0.05, 0.1) is 6.61 Å². The molecule has 180 valence electrons. The third-order valence-corrected chi connectivity index (χ3v) is 4.26. The average Bonchev–Trinajstić information content (AvgIpc) is 2.85. The summed E-state index contributed by atoms with van der Waals surface area (Å²) in [4.78, 5) is 39.6. The van der Waals surface area contributed by atoms with Gasteiger partial charge in [0.2, 0.25) is 5.96 Å². The Hall–Kier alpha value is -4.21. The Morgan fingerprint density at radius 3 is 2.06 bits per heavy atom. The van der Waals surface area contributed by atoms with Crippen LogP contribution in [0.5, 0.6) is 0 Å². The van der Waals surface area contributed by atoms with Gasteiger partial charge in [0.25, 0.3) is 0 Å². The summed E-state index contributed by atoms with van der Waals surface area (Å²) in [7, 11) is 0. The van der Waals surface area contributed by atoms with Crippen LogP contribution in [0.15, 0.2) is 65.7 Å². The Morgan fingerprint density at radius 1 is 0.882 bits per heavy atom. The molecule has 0 aromatic heterocycles. The topological polar surface area (TPSA) is 139 Å². The Bertz CT molecular complexity index is 979. The van der Waals surface area contributed by atoms with Crippen molar-refractivity contribution >= 4 is 29.8 Å². The number of rotatable bonds is 10. The van der Waals surface area contributed by atoms with Gasteiger partial charge in [0.1, 0.15) is 18.9 Å². The predicted molar refractivity (Wildman–Crippen MR) is 125 cm³/mol. The lowest BCUT2D eigenvalue weighted by Crippen LogP contribution is -2.42. The van der Waals surface area contributed by atoms with Crippen LogP contribution in [0, 0.1) is 5.41 Å². The Labute approximate surface area is 197 Å². The number of benzene rings is 2. The second-order valence-electron chi connectivity index (χ2n) is 6.92. The van der Waals surface area contributed by atoms with Gasteiger partial charge in [-0.3, -0.25) is 10.7 Å². The molecule has 0 atom stereocenters. The molecule has 10 nitrogen and oxygen atoms in total. The molecule has 0 unspecified atom stereocenters. The van der Waals surface area contributed by atoms with Crippen LogP contribution < -0.4 is 10.6 Å². The van der Waals surface area contributed by atoms with E-state index < -0.39 is 18.2 Å². The maximum absolute atomic E-state index is 12.2. The minimum absolute atomic E-state index is 0.0195. The monoisotopic (exact) mass is 468 g/mol. The van der Waals surface area contributed by atoms with E-state index in [-0.39, 0.29) is 44.5 Å². The van der Waals surface area contributed by atoms with E-state index in [9.17, 15) is 14.4 Å². The van der Waals surface area contributed by atoms with Gasteiger partial charge in [-0.2, -0.15) is 0 Å². The summed E-state index contributed by atoms with van der Waals surface area (Å²) < 4.78 is 15.0. The van der Waals surface area contributed by atoms with Gasteiger partial charge >= 0.3 is 18.2 Å². The summed E-state index contributed by atoms with van der Waals surface area (Å²) in [5, 5.41) is 12.9. The smallest absolute Gasteiger partial charge is 0.437 e. The first kappa shape index (κ1) is 26.0. The highest BCUT2D eigenvalue weighted by molar-refractivity contribution is 6.35. The van der Waals surface area contributed by atoms with Gasteiger partial charge in [-0.05, 0) is 30.9 Å². The second-order valence-corrected chi connectivity index (χ2v) is 6.92. The molecule has 0 saturated carbocycles. The van der Waals surface area contributed by atoms with Gasteiger partial charge in [-0.25, -0.2) is 14.4 Å². The minimum atomic E-state index is -0.908. The van der Waals surface area contributed by atoms with Crippen molar-refractivity contribution in [2.24, 2.45) is 4.99 Å². The van der Waals surface area contributed by atoms with Gasteiger partial charge in [-0.15, -0.1) is 4.99 Å². The lowest BCUT2D eigenvalue weighted by Gasteiger charge is -2.12. The fourth-order valence-corrected chi connectivity index (χ4v) is 2.60. The SMILES string of the molecule is CCOC(=O)C(=N)CCCN/C(=N\C(=O)OCc1ccccc1)NC(=O)OCc1ccccc1. The largest absolute Gasteiger partial charge is 0.462 e. The number of aliphatic imine (C=N–C) groups is 1. The normalized spacial score (nSPS) is 10.7. The van der Waals surface area contributed by atoms with Crippen molar-refractivity contribution in [3.05, 3.63) is 71.8 Å². The lowest BCUT2D eigenvalue weighted by molar-refractivity contribution is -0.135. The van der Waals surface area contributed by atoms with Crippen LogP contribution in [-0.4, -0.2) is 43.0 Å². The number of ether oxygens (including phenoxy) is 3. The Morgan fingerprint density at radius 2 is 1.47 bits per heavy atom. The molecule has 0 saturated heterocycles. The Kier molecular flexibility index (Phi) is 11.3. The molecule has 0 aliphatic rings. The molecule has 3 N–H and O–H groups in total. The molecule has 0 spiro atoms. The maximum Gasteiger partial charge on any atom is 0.437 e. The first-order valence-corrected chi connectivity index (χ1v) is 10.7. The van der Waals surface area contributed by atoms with E-state index in [2.05, 4.69) is 15.6 Å². The molecule has 0 aliphatic carbocycles. The van der Waals surface area contributed by atoms with E-state index in [1.807, 2.05) is 36.4 Å². The fourth-order valence-electron chi connectivity index (χ4n) is 2.60. The number of guanidine groups is 1. The summed E-state index contributed by atoms with van der Waals surface area (Å²) in [6, 6.07) is 18.2. The van der Waals surface area contributed by atoms with Crippen LogP contribution >= 0.6 is 0 Å². The zero-order chi connectivity index (χ0) is 24.6. The van der Waals surface area contributed by atoms with Crippen LogP contribution in [-0.2, 0) is 32.2 Å². The number of carbonyl (C=O) groups is 3. The number of nitrogens with one attached hydrogen (secondary N) is 3. The highest BCUT2D eigenvalue weighted by atomic mass is 16.6. The molecular formula is C24H28N4O6. The summed E-state index contributed by atoms with van der Waals surface area (Å²) in [5.41, 5.74) is 1.41. The Balaban J connectivity index is 1.90. The molecule has 10 heteroatoms. The van der Waals surface area contributed by atoms with E-state index >= 15 is 0 Å². The van der Waals surface area contributed by atoms with Crippen molar-refractivity contribution < 1.29 is 28.6 Å². The quantitative estimate of drug-likeness (QED) is 0.159. The molecule has 2 aromatic carbocycles. The molecule has 0 radical (unpaired) electrons. The molecule has 0 fully saturated rings. The third kappa shape index (κ3) is 10.4. The number of nitrogens with zero attached hydrogens (tertiary/aromatic N) is 1. The van der Waals surface area contributed by atoms with E-state index in [1.54, 1.807) is 31.2 Å². The molecule has 34 heavy (non-hydrogen) atoms. The summed E-state index contributed by atoms with van der Waals surface area (Å²) in [5.74, 6) is -0.845. The molecule has 0 heterocycles. The fraction of sp³-hybridized carbons (Fsp3) is 0.292. The van der Waals surface area contributed by atoms with Crippen LogP contribution in [0.1, 0.15) is 30.9 Å². The average molecular weight is 469 g/mol. The summed E-state index contributed by atoms with van der Waals surface area (Å²) in [6.45, 7) is 2.12.